The van der Waals surface area contributed by atoms with Crippen molar-refractivity contribution in [3.8, 4) is 6.07 Å². The molecule has 0 radical (unpaired) electrons. The van der Waals surface area contributed by atoms with E-state index in [1.807, 2.05) is 0 Å². The maximum Gasteiger partial charge on any atom is 0.167 e. The minimum atomic E-state index is -3.32. The molecule has 0 saturated heterocycles. The average Bonchev–Trinajstić information content (AvgIpc) is 2.02. The van der Waals surface area contributed by atoms with Gasteiger partial charge in [-0.15, -0.1) is 0 Å². The van der Waals surface area contributed by atoms with Crippen molar-refractivity contribution in [1.82, 2.24) is 0 Å². The van der Waals surface area contributed by atoms with Gasteiger partial charge in [-0.2, -0.15) is 5.26 Å². The summed E-state index contributed by atoms with van der Waals surface area (Å²) < 4.78 is 22.5. The van der Waals surface area contributed by atoms with Gasteiger partial charge in [-0.05, 0) is 17.7 Å². The highest BCUT2D eigenvalue weighted by molar-refractivity contribution is 7.90. The van der Waals surface area contributed by atoms with Crippen LogP contribution in [-0.4, -0.2) is 14.2 Å². The molecule has 0 spiro atoms. The van der Waals surface area contributed by atoms with E-state index in [2.05, 4.69) is 0 Å². The van der Waals surface area contributed by atoms with Crippen LogP contribution in [0.25, 0.3) is 0 Å². The van der Waals surface area contributed by atoms with Gasteiger partial charge in [0.05, 0.1) is 11.8 Å². The van der Waals surface area contributed by atoms with Crippen molar-refractivity contribution in [1.29, 1.82) is 5.26 Å². The zero-order valence-electron chi connectivity index (χ0n) is 7.27. The van der Waals surface area contributed by atoms with Crippen molar-refractivity contribution in [3.63, 3.8) is 0 Å². The van der Waals surface area contributed by atoms with E-state index in [4.69, 9.17) is 16.9 Å². The van der Waals surface area contributed by atoms with Crippen LogP contribution in [0.1, 0.15) is 5.56 Å². The molecule has 0 aliphatic heterocycles. The predicted molar refractivity (Wildman–Crippen MR) is 54.6 cm³/mol. The Labute approximate surface area is 87.8 Å². The molecular formula is C9H8ClNO2S. The molecule has 0 amide bonds. The number of benzene rings is 1. The third kappa shape index (κ3) is 3.36. The minimum absolute atomic E-state index is 0.138. The van der Waals surface area contributed by atoms with Gasteiger partial charge in [0.25, 0.3) is 0 Å². The zero-order chi connectivity index (χ0) is 10.6. The van der Waals surface area contributed by atoms with Crippen molar-refractivity contribution in [2.75, 3.05) is 5.75 Å². The maximum atomic E-state index is 11.2. The van der Waals surface area contributed by atoms with Crippen LogP contribution in [0.2, 0.25) is 5.02 Å². The lowest BCUT2D eigenvalue weighted by molar-refractivity contribution is 0.598. The summed E-state index contributed by atoms with van der Waals surface area (Å²) in [5.74, 6) is -0.597. The Morgan fingerprint density at radius 3 is 2.71 bits per heavy atom. The third-order valence-electron chi connectivity index (χ3n) is 1.56. The number of sulfone groups is 1. The molecule has 0 unspecified atom stereocenters. The highest BCUT2D eigenvalue weighted by atomic mass is 35.5. The Hall–Kier alpha value is -1.05. The van der Waals surface area contributed by atoms with E-state index >= 15 is 0 Å². The van der Waals surface area contributed by atoms with Gasteiger partial charge >= 0.3 is 0 Å². The molecule has 1 rings (SSSR count). The number of nitriles is 1. The van der Waals surface area contributed by atoms with Crippen LogP contribution in [-0.2, 0) is 15.6 Å². The molecule has 74 valence electrons. The van der Waals surface area contributed by atoms with Gasteiger partial charge < -0.3 is 0 Å². The molecule has 0 aromatic heterocycles. The lowest BCUT2D eigenvalue weighted by atomic mass is 10.2. The zero-order valence-corrected chi connectivity index (χ0v) is 8.85. The molecule has 3 nitrogen and oxygen atoms in total. The first kappa shape index (κ1) is 11.0. The molecular weight excluding hydrogens is 222 g/mol. The molecule has 0 atom stereocenters. The molecule has 1 aromatic rings. The Morgan fingerprint density at radius 2 is 2.14 bits per heavy atom. The highest BCUT2D eigenvalue weighted by Gasteiger charge is 2.10. The topological polar surface area (TPSA) is 57.9 Å². The predicted octanol–water partition coefficient (Wildman–Crippen LogP) is 1.78. The van der Waals surface area contributed by atoms with Crippen LogP contribution in [0.15, 0.2) is 24.3 Å². The SMILES string of the molecule is N#CCS(=O)(=O)Cc1cccc(Cl)c1. The van der Waals surface area contributed by atoms with Crippen molar-refractivity contribution in [2.45, 2.75) is 5.75 Å². The van der Waals surface area contributed by atoms with Gasteiger partial charge in [0.1, 0.15) is 5.75 Å². The lowest BCUT2D eigenvalue weighted by Gasteiger charge is -2.00. The molecule has 0 aliphatic carbocycles. The van der Waals surface area contributed by atoms with Gasteiger partial charge in [-0.1, -0.05) is 23.7 Å². The fourth-order valence-corrected chi connectivity index (χ4v) is 2.23. The van der Waals surface area contributed by atoms with E-state index in [-0.39, 0.29) is 5.75 Å². The summed E-state index contributed by atoms with van der Waals surface area (Å²) in [6.07, 6.45) is 0. The van der Waals surface area contributed by atoms with Gasteiger partial charge in [-0.25, -0.2) is 8.42 Å². The molecule has 0 saturated carbocycles. The van der Waals surface area contributed by atoms with Crippen molar-refractivity contribution in [2.24, 2.45) is 0 Å². The largest absolute Gasteiger partial charge is 0.227 e. The molecule has 0 aliphatic rings. The molecule has 0 fully saturated rings. The van der Waals surface area contributed by atoms with Gasteiger partial charge in [0.2, 0.25) is 0 Å². The number of hydrogen-bond donors (Lipinski definition) is 0. The number of rotatable bonds is 3. The van der Waals surface area contributed by atoms with E-state index in [0.717, 1.165) is 0 Å². The molecule has 0 N–H and O–H groups in total. The Bertz CT molecular complexity index is 462. The summed E-state index contributed by atoms with van der Waals surface area (Å²) in [6, 6.07) is 8.22. The first-order valence-corrected chi connectivity index (χ1v) is 6.05. The van der Waals surface area contributed by atoms with Crippen LogP contribution in [0.4, 0.5) is 0 Å². The fraction of sp³-hybridized carbons (Fsp3) is 0.222. The lowest BCUT2D eigenvalue weighted by Crippen LogP contribution is -2.07. The quantitative estimate of drug-likeness (QED) is 0.794. The van der Waals surface area contributed by atoms with Crippen LogP contribution >= 0.6 is 11.6 Å². The Kier molecular flexibility index (Phi) is 3.50. The summed E-state index contributed by atoms with van der Waals surface area (Å²) in [4.78, 5) is 0. The van der Waals surface area contributed by atoms with E-state index in [1.54, 1.807) is 30.3 Å². The van der Waals surface area contributed by atoms with Crippen LogP contribution in [0.5, 0.6) is 0 Å². The second-order valence-electron chi connectivity index (χ2n) is 2.82. The first-order valence-electron chi connectivity index (χ1n) is 3.85. The smallest absolute Gasteiger partial charge is 0.167 e. The van der Waals surface area contributed by atoms with E-state index < -0.39 is 15.6 Å². The highest BCUT2D eigenvalue weighted by Crippen LogP contribution is 2.13. The van der Waals surface area contributed by atoms with Crippen molar-refractivity contribution >= 4 is 21.4 Å². The molecule has 14 heavy (non-hydrogen) atoms. The van der Waals surface area contributed by atoms with E-state index in [0.29, 0.717) is 10.6 Å². The second kappa shape index (κ2) is 4.45. The van der Waals surface area contributed by atoms with Gasteiger partial charge in [0, 0.05) is 5.02 Å². The first-order chi connectivity index (χ1) is 6.53. The normalized spacial score (nSPS) is 10.9. The Balaban J connectivity index is 2.85. The molecule has 0 heterocycles. The number of halogens is 1. The number of hydrogen-bond acceptors (Lipinski definition) is 3. The Morgan fingerprint density at radius 1 is 1.43 bits per heavy atom. The van der Waals surface area contributed by atoms with Crippen molar-refractivity contribution < 1.29 is 8.42 Å². The van der Waals surface area contributed by atoms with Crippen LogP contribution in [0.3, 0.4) is 0 Å². The monoisotopic (exact) mass is 229 g/mol. The summed E-state index contributed by atoms with van der Waals surface area (Å²) >= 11 is 5.69. The maximum absolute atomic E-state index is 11.2. The number of nitrogens with zero attached hydrogens (tertiary/aromatic N) is 1. The van der Waals surface area contributed by atoms with E-state index in [1.165, 1.54) is 0 Å². The summed E-state index contributed by atoms with van der Waals surface area (Å²) in [6.45, 7) is 0. The van der Waals surface area contributed by atoms with E-state index in [9.17, 15) is 8.42 Å². The average molecular weight is 230 g/mol. The van der Waals surface area contributed by atoms with Gasteiger partial charge in [0.15, 0.2) is 9.84 Å². The van der Waals surface area contributed by atoms with Gasteiger partial charge in [-0.3, -0.25) is 0 Å². The standard InChI is InChI=1S/C9H8ClNO2S/c10-9-3-1-2-8(6-9)7-14(12,13)5-4-11/h1-3,6H,5,7H2. The molecule has 0 bridgehead atoms. The molecule has 1 aromatic carbocycles. The van der Waals surface area contributed by atoms with Crippen molar-refractivity contribution in [3.05, 3.63) is 34.9 Å². The second-order valence-corrected chi connectivity index (χ2v) is 5.32. The van der Waals surface area contributed by atoms with Crippen LogP contribution < -0.4 is 0 Å². The minimum Gasteiger partial charge on any atom is -0.227 e. The van der Waals surface area contributed by atoms with Crippen LogP contribution in [0, 0.1) is 11.3 Å². The summed E-state index contributed by atoms with van der Waals surface area (Å²) in [7, 11) is -3.32. The fourth-order valence-electron chi connectivity index (χ4n) is 1.03. The summed E-state index contributed by atoms with van der Waals surface area (Å²) in [5.41, 5.74) is 0.604. The molecule has 5 heteroatoms. The summed E-state index contributed by atoms with van der Waals surface area (Å²) in [5, 5.41) is 8.77. The third-order valence-corrected chi connectivity index (χ3v) is 3.14.